The van der Waals surface area contributed by atoms with Crippen LogP contribution in [0.25, 0.3) is 10.2 Å². The van der Waals surface area contributed by atoms with E-state index >= 15 is 0 Å². The number of thioether (sulfide) groups is 1. The van der Waals surface area contributed by atoms with Gasteiger partial charge in [-0.3, -0.25) is 4.79 Å². The molecule has 26 heavy (non-hydrogen) atoms. The maximum Gasteiger partial charge on any atom is 0.233 e. The number of amides is 1. The van der Waals surface area contributed by atoms with E-state index < -0.39 is 0 Å². The number of carbonyl (C=O) groups is 1. The maximum absolute atomic E-state index is 12.7. The van der Waals surface area contributed by atoms with Gasteiger partial charge < -0.3 is 4.90 Å². The Morgan fingerprint density at radius 3 is 2.58 bits per heavy atom. The van der Waals surface area contributed by atoms with Crippen molar-refractivity contribution >= 4 is 39.2 Å². The minimum absolute atomic E-state index is 0.0431. The third kappa shape index (κ3) is 3.76. The fraction of sp³-hybridized carbons (Fsp3) is 0.350. The van der Waals surface area contributed by atoms with Crippen molar-refractivity contribution in [3.05, 3.63) is 52.2 Å². The molecule has 0 bridgehead atoms. The Morgan fingerprint density at radius 1 is 1.19 bits per heavy atom. The summed E-state index contributed by atoms with van der Waals surface area (Å²) in [6.45, 7) is 8.16. The van der Waals surface area contributed by atoms with E-state index in [0.717, 1.165) is 26.6 Å². The van der Waals surface area contributed by atoms with Crippen LogP contribution in [0.4, 0.5) is 0 Å². The van der Waals surface area contributed by atoms with Gasteiger partial charge in [-0.25, -0.2) is 9.97 Å². The van der Waals surface area contributed by atoms with Crippen LogP contribution in [0.15, 0.2) is 35.4 Å². The SMILES string of the molecule is Cc1nc(SCC(=O)N(C)[C@H](C)c2ccccc2)c2c(C)c(C)sc2n1. The zero-order chi connectivity index (χ0) is 18.8. The third-order valence-electron chi connectivity index (χ3n) is 4.70. The molecule has 3 aromatic rings. The second-order valence-corrected chi connectivity index (χ2v) is 8.59. The highest BCUT2D eigenvalue weighted by atomic mass is 32.2. The first-order valence-corrected chi connectivity index (χ1v) is 10.4. The fourth-order valence-corrected chi connectivity index (χ4v) is 5.02. The second-order valence-electron chi connectivity index (χ2n) is 6.42. The molecule has 0 N–H and O–H groups in total. The van der Waals surface area contributed by atoms with Crippen molar-refractivity contribution in [2.75, 3.05) is 12.8 Å². The summed E-state index contributed by atoms with van der Waals surface area (Å²) < 4.78 is 0. The quantitative estimate of drug-likeness (QED) is 0.461. The highest BCUT2D eigenvalue weighted by Gasteiger charge is 2.19. The van der Waals surface area contributed by atoms with Gasteiger partial charge in [-0.05, 0) is 38.8 Å². The van der Waals surface area contributed by atoms with Crippen molar-refractivity contribution in [1.82, 2.24) is 14.9 Å². The molecule has 0 fully saturated rings. The molecule has 6 heteroatoms. The molecular formula is C20H23N3OS2. The Labute approximate surface area is 162 Å². The smallest absolute Gasteiger partial charge is 0.233 e. The Hall–Kier alpha value is -1.92. The van der Waals surface area contributed by atoms with Gasteiger partial charge >= 0.3 is 0 Å². The predicted molar refractivity (Wildman–Crippen MR) is 110 cm³/mol. The molecule has 0 aliphatic heterocycles. The molecular weight excluding hydrogens is 362 g/mol. The van der Waals surface area contributed by atoms with Crippen LogP contribution in [-0.2, 0) is 4.79 Å². The summed E-state index contributed by atoms with van der Waals surface area (Å²) in [5.41, 5.74) is 2.35. The molecule has 4 nitrogen and oxygen atoms in total. The first kappa shape index (κ1) is 18.9. The standard InChI is InChI=1S/C20H23N3OS2/c1-12-14(3)26-20-18(12)19(21-15(4)22-20)25-11-17(24)23(5)13(2)16-9-7-6-8-10-16/h6-10,13H,11H2,1-5H3/t13-/m1/s1. The number of thiophene rings is 1. The van der Waals surface area contributed by atoms with E-state index in [1.807, 2.05) is 32.2 Å². The fourth-order valence-electron chi connectivity index (χ4n) is 2.82. The number of aromatic nitrogens is 2. The van der Waals surface area contributed by atoms with E-state index in [4.69, 9.17) is 0 Å². The molecule has 0 aliphatic carbocycles. The van der Waals surface area contributed by atoms with Crippen LogP contribution in [0.1, 0.15) is 34.8 Å². The number of hydrogen-bond acceptors (Lipinski definition) is 5. The van der Waals surface area contributed by atoms with Crippen molar-refractivity contribution in [2.45, 2.75) is 38.8 Å². The van der Waals surface area contributed by atoms with Gasteiger partial charge in [0.1, 0.15) is 15.7 Å². The van der Waals surface area contributed by atoms with Crippen molar-refractivity contribution in [3.8, 4) is 0 Å². The maximum atomic E-state index is 12.7. The summed E-state index contributed by atoms with van der Waals surface area (Å²) in [5, 5.41) is 2.00. The predicted octanol–water partition coefficient (Wildman–Crippen LogP) is 4.93. The zero-order valence-electron chi connectivity index (χ0n) is 15.7. The molecule has 136 valence electrons. The lowest BCUT2D eigenvalue weighted by Crippen LogP contribution is -2.31. The van der Waals surface area contributed by atoms with E-state index in [2.05, 4.69) is 42.9 Å². The summed E-state index contributed by atoms with van der Waals surface area (Å²) in [7, 11) is 1.86. The Bertz CT molecular complexity index is 937. The van der Waals surface area contributed by atoms with Gasteiger partial charge in [-0.15, -0.1) is 11.3 Å². The van der Waals surface area contributed by atoms with Gasteiger partial charge in [-0.1, -0.05) is 42.1 Å². The summed E-state index contributed by atoms with van der Waals surface area (Å²) in [4.78, 5) is 25.9. The van der Waals surface area contributed by atoms with Crippen LogP contribution < -0.4 is 0 Å². The van der Waals surface area contributed by atoms with Crippen molar-refractivity contribution in [2.24, 2.45) is 0 Å². The van der Waals surface area contributed by atoms with E-state index in [1.54, 1.807) is 16.2 Å². The van der Waals surface area contributed by atoms with Crippen molar-refractivity contribution in [1.29, 1.82) is 0 Å². The summed E-state index contributed by atoms with van der Waals surface area (Å²) >= 11 is 3.19. The summed E-state index contributed by atoms with van der Waals surface area (Å²) in [5.74, 6) is 1.22. The minimum Gasteiger partial charge on any atom is -0.338 e. The molecule has 0 spiro atoms. The number of benzene rings is 1. The van der Waals surface area contributed by atoms with Gasteiger partial charge in [0, 0.05) is 17.3 Å². The van der Waals surface area contributed by atoms with Crippen LogP contribution in [0.3, 0.4) is 0 Å². The van der Waals surface area contributed by atoms with E-state index in [-0.39, 0.29) is 11.9 Å². The number of hydrogen-bond donors (Lipinski definition) is 0. The number of rotatable bonds is 5. The third-order valence-corrected chi connectivity index (χ3v) is 6.76. The number of fused-ring (bicyclic) bond motifs is 1. The zero-order valence-corrected chi connectivity index (χ0v) is 17.4. The van der Waals surface area contributed by atoms with Crippen LogP contribution in [0.5, 0.6) is 0 Å². The molecule has 1 aromatic carbocycles. The molecule has 0 saturated carbocycles. The van der Waals surface area contributed by atoms with E-state index in [1.165, 1.54) is 22.2 Å². The van der Waals surface area contributed by atoms with Crippen molar-refractivity contribution in [3.63, 3.8) is 0 Å². The van der Waals surface area contributed by atoms with Crippen LogP contribution in [0.2, 0.25) is 0 Å². The lowest BCUT2D eigenvalue weighted by atomic mass is 10.1. The van der Waals surface area contributed by atoms with E-state index in [9.17, 15) is 4.79 Å². The first-order valence-electron chi connectivity index (χ1n) is 8.56. The number of carbonyl (C=O) groups excluding carboxylic acids is 1. The highest BCUT2D eigenvalue weighted by Crippen LogP contribution is 2.35. The average Bonchev–Trinajstić information content (AvgIpc) is 2.92. The largest absolute Gasteiger partial charge is 0.338 e. The molecule has 2 aromatic heterocycles. The lowest BCUT2D eigenvalue weighted by Gasteiger charge is -2.25. The lowest BCUT2D eigenvalue weighted by molar-refractivity contribution is -0.128. The molecule has 0 saturated heterocycles. The monoisotopic (exact) mass is 385 g/mol. The second kappa shape index (κ2) is 7.76. The van der Waals surface area contributed by atoms with E-state index in [0.29, 0.717) is 5.75 Å². The summed E-state index contributed by atoms with van der Waals surface area (Å²) in [6.07, 6.45) is 0. The Morgan fingerprint density at radius 2 is 1.88 bits per heavy atom. The van der Waals surface area contributed by atoms with Gasteiger partial charge in [0.25, 0.3) is 0 Å². The topological polar surface area (TPSA) is 46.1 Å². The van der Waals surface area contributed by atoms with Gasteiger partial charge in [0.05, 0.1) is 11.8 Å². The summed E-state index contributed by atoms with van der Waals surface area (Å²) in [6, 6.07) is 10.1. The molecule has 1 atom stereocenters. The van der Waals surface area contributed by atoms with Crippen LogP contribution in [0, 0.1) is 20.8 Å². The molecule has 2 heterocycles. The average molecular weight is 386 g/mol. The van der Waals surface area contributed by atoms with Crippen LogP contribution in [-0.4, -0.2) is 33.6 Å². The minimum atomic E-state index is 0.0431. The van der Waals surface area contributed by atoms with Gasteiger partial charge in [0.2, 0.25) is 5.91 Å². The first-order chi connectivity index (χ1) is 12.4. The van der Waals surface area contributed by atoms with Crippen LogP contribution >= 0.6 is 23.1 Å². The molecule has 0 radical (unpaired) electrons. The van der Waals surface area contributed by atoms with Crippen molar-refractivity contribution < 1.29 is 4.79 Å². The van der Waals surface area contributed by atoms with Gasteiger partial charge in [0.15, 0.2) is 0 Å². The molecule has 3 rings (SSSR count). The molecule has 0 unspecified atom stereocenters. The molecule has 1 amide bonds. The Kier molecular flexibility index (Phi) is 5.63. The number of aryl methyl sites for hydroxylation is 3. The normalized spacial score (nSPS) is 12.3. The van der Waals surface area contributed by atoms with Gasteiger partial charge in [-0.2, -0.15) is 0 Å². The molecule has 0 aliphatic rings. The Balaban J connectivity index is 1.76. The highest BCUT2D eigenvalue weighted by molar-refractivity contribution is 8.00. The number of nitrogens with zero attached hydrogens (tertiary/aromatic N) is 3.